The molecule has 0 aliphatic heterocycles. The summed E-state index contributed by atoms with van der Waals surface area (Å²) < 4.78 is 31.4. The van der Waals surface area contributed by atoms with Crippen LogP contribution in [-0.2, 0) is 24.4 Å². The molecule has 1 heterocycles. The molecule has 0 amide bonds. The van der Waals surface area contributed by atoms with Gasteiger partial charge in [-0.25, -0.2) is 0 Å². The molecule has 0 unspecified atom stereocenters. The molecule has 7 heteroatoms. The van der Waals surface area contributed by atoms with Crippen LogP contribution in [0.4, 0.5) is 0 Å². The molecule has 2 aliphatic rings. The second-order valence-electron chi connectivity index (χ2n) is 10.6. The Kier molecular flexibility index (Phi) is 6.37. The fraction of sp³-hybridized carbons (Fsp3) is 0.400. The molecular formula is C30H32N2O4S. The number of hydrogen-bond acceptors (Lipinski definition) is 7. The smallest absolute Gasteiger partial charge is 0.146 e. The zero-order chi connectivity index (χ0) is 25.6. The van der Waals surface area contributed by atoms with Crippen LogP contribution >= 0.6 is 11.7 Å². The van der Waals surface area contributed by atoms with Crippen molar-refractivity contribution in [3.8, 4) is 22.3 Å². The van der Waals surface area contributed by atoms with E-state index in [-0.39, 0.29) is 24.4 Å². The van der Waals surface area contributed by atoms with E-state index in [1.807, 2.05) is 0 Å². The van der Waals surface area contributed by atoms with E-state index in [1.165, 1.54) is 45.1 Å². The van der Waals surface area contributed by atoms with Crippen molar-refractivity contribution >= 4 is 22.8 Å². The van der Waals surface area contributed by atoms with Crippen molar-refractivity contribution in [1.29, 1.82) is 0 Å². The summed E-state index contributed by atoms with van der Waals surface area (Å²) in [5, 5.41) is 0. The second kappa shape index (κ2) is 9.57. The molecule has 4 aromatic rings. The number of aryl methyl sites for hydroxylation is 2. The van der Waals surface area contributed by atoms with E-state index in [0.29, 0.717) is 13.2 Å². The van der Waals surface area contributed by atoms with Gasteiger partial charge in [0.2, 0.25) is 0 Å². The standard InChI is InChI=1S/C30H32N2O4S/c1-19-5-8-23-24-10-7-21(22-9-6-20(2)27-28(22)32-37-31-27)12-26(24)30(25(23)11-19)13-29(14-30,15-35-17-33-3)16-36-18-34-4/h5-12H,13-18H2,1-4H3. The molecule has 6 rings (SSSR count). The fourth-order valence-corrected chi connectivity index (χ4v) is 7.16. The molecule has 0 N–H and O–H groups in total. The van der Waals surface area contributed by atoms with Crippen molar-refractivity contribution in [2.75, 3.05) is 41.0 Å². The van der Waals surface area contributed by atoms with Crippen LogP contribution < -0.4 is 0 Å². The van der Waals surface area contributed by atoms with Gasteiger partial charge in [-0.15, -0.1) is 0 Å². The number of rotatable bonds is 9. The van der Waals surface area contributed by atoms with Gasteiger partial charge in [-0.2, -0.15) is 8.75 Å². The number of hydrogen-bond donors (Lipinski definition) is 0. The highest BCUT2D eigenvalue weighted by atomic mass is 32.1. The summed E-state index contributed by atoms with van der Waals surface area (Å²) in [6.07, 6.45) is 1.89. The highest BCUT2D eigenvalue weighted by molar-refractivity contribution is 7.00. The van der Waals surface area contributed by atoms with Gasteiger partial charge in [0.25, 0.3) is 0 Å². The van der Waals surface area contributed by atoms with Crippen LogP contribution in [0.3, 0.4) is 0 Å². The lowest BCUT2D eigenvalue weighted by Gasteiger charge is -2.55. The van der Waals surface area contributed by atoms with Gasteiger partial charge in [-0.1, -0.05) is 48.0 Å². The van der Waals surface area contributed by atoms with Gasteiger partial charge in [-0.05, 0) is 66.1 Å². The van der Waals surface area contributed by atoms with E-state index in [2.05, 4.69) is 71.1 Å². The number of fused-ring (bicyclic) bond motifs is 6. The van der Waals surface area contributed by atoms with Crippen LogP contribution in [0.1, 0.15) is 35.1 Å². The summed E-state index contributed by atoms with van der Waals surface area (Å²) in [5.41, 5.74) is 12.0. The second-order valence-corrected chi connectivity index (χ2v) is 11.2. The van der Waals surface area contributed by atoms with Crippen molar-refractivity contribution in [1.82, 2.24) is 8.75 Å². The minimum absolute atomic E-state index is 0.0797. The first-order valence-corrected chi connectivity index (χ1v) is 13.3. The Morgan fingerprint density at radius 3 is 2.08 bits per heavy atom. The van der Waals surface area contributed by atoms with Crippen LogP contribution in [0.15, 0.2) is 48.5 Å². The SMILES string of the molecule is COCOCC1(COCOC)CC2(C1)c1cc(C)ccc1-c1ccc(-c3ccc(C)c4nsnc34)cc12. The van der Waals surface area contributed by atoms with Crippen LogP contribution in [0, 0.1) is 19.3 Å². The summed E-state index contributed by atoms with van der Waals surface area (Å²) >= 11 is 1.28. The lowest BCUT2D eigenvalue weighted by atomic mass is 9.49. The highest BCUT2D eigenvalue weighted by Gasteiger charge is 2.60. The van der Waals surface area contributed by atoms with Gasteiger partial charge in [0, 0.05) is 30.6 Å². The molecule has 192 valence electrons. The molecule has 0 radical (unpaired) electrons. The predicted molar refractivity (Wildman–Crippen MR) is 146 cm³/mol. The normalized spacial score (nSPS) is 16.6. The molecule has 1 saturated carbocycles. The minimum Gasteiger partial charge on any atom is -0.359 e. The van der Waals surface area contributed by atoms with Crippen molar-refractivity contribution in [2.45, 2.75) is 32.1 Å². The van der Waals surface area contributed by atoms with Gasteiger partial charge < -0.3 is 18.9 Å². The van der Waals surface area contributed by atoms with Crippen LogP contribution in [0.25, 0.3) is 33.3 Å². The minimum atomic E-state index is -0.106. The Hall–Kier alpha value is -2.68. The first kappa shape index (κ1) is 24.6. The van der Waals surface area contributed by atoms with E-state index in [0.717, 1.165) is 35.0 Å². The molecule has 0 atom stereocenters. The topological polar surface area (TPSA) is 62.7 Å². The monoisotopic (exact) mass is 516 g/mol. The molecule has 1 spiro atoms. The first-order chi connectivity index (χ1) is 18.0. The maximum Gasteiger partial charge on any atom is 0.146 e. The van der Waals surface area contributed by atoms with Gasteiger partial charge in [0.05, 0.1) is 24.9 Å². The predicted octanol–water partition coefficient (Wildman–Crippen LogP) is 6.26. The Morgan fingerprint density at radius 1 is 0.757 bits per heavy atom. The fourth-order valence-electron chi connectivity index (χ4n) is 6.54. The van der Waals surface area contributed by atoms with Gasteiger partial charge in [0.15, 0.2) is 0 Å². The van der Waals surface area contributed by atoms with E-state index in [4.69, 9.17) is 18.9 Å². The number of ether oxygens (including phenoxy) is 4. The highest BCUT2D eigenvalue weighted by Crippen LogP contribution is 2.66. The van der Waals surface area contributed by atoms with Crippen LogP contribution in [-0.4, -0.2) is 49.8 Å². The Labute approximate surface area is 221 Å². The van der Waals surface area contributed by atoms with Crippen molar-refractivity contribution in [3.05, 3.63) is 70.8 Å². The summed E-state index contributed by atoms with van der Waals surface area (Å²) in [5.74, 6) is 0. The number of benzene rings is 3. The Morgan fingerprint density at radius 2 is 1.38 bits per heavy atom. The van der Waals surface area contributed by atoms with E-state index >= 15 is 0 Å². The van der Waals surface area contributed by atoms with Gasteiger partial charge in [0.1, 0.15) is 24.6 Å². The third-order valence-electron chi connectivity index (χ3n) is 8.02. The van der Waals surface area contributed by atoms with Crippen LogP contribution in [0.2, 0.25) is 0 Å². The lowest BCUT2D eigenvalue weighted by molar-refractivity contribution is -0.148. The molecule has 6 nitrogen and oxygen atoms in total. The van der Waals surface area contributed by atoms with Crippen molar-refractivity contribution < 1.29 is 18.9 Å². The third-order valence-corrected chi connectivity index (χ3v) is 8.54. The number of aromatic nitrogens is 2. The third kappa shape index (κ3) is 4.01. The molecule has 0 bridgehead atoms. The summed E-state index contributed by atoms with van der Waals surface area (Å²) in [6, 6.07) is 18.1. The average molecular weight is 517 g/mol. The molecule has 3 aromatic carbocycles. The summed E-state index contributed by atoms with van der Waals surface area (Å²) in [6.45, 7) is 6.00. The molecule has 37 heavy (non-hydrogen) atoms. The van der Waals surface area contributed by atoms with Crippen molar-refractivity contribution in [3.63, 3.8) is 0 Å². The first-order valence-electron chi connectivity index (χ1n) is 12.6. The van der Waals surface area contributed by atoms with Gasteiger partial charge >= 0.3 is 0 Å². The van der Waals surface area contributed by atoms with Gasteiger partial charge in [-0.3, -0.25) is 0 Å². The number of methoxy groups -OCH3 is 2. The van der Waals surface area contributed by atoms with E-state index < -0.39 is 0 Å². The van der Waals surface area contributed by atoms with E-state index in [1.54, 1.807) is 14.2 Å². The Balaban J connectivity index is 1.44. The zero-order valence-corrected chi connectivity index (χ0v) is 22.6. The summed E-state index contributed by atoms with van der Waals surface area (Å²) in [4.78, 5) is 0. The summed E-state index contributed by atoms with van der Waals surface area (Å²) in [7, 11) is 3.31. The number of nitrogens with zero attached hydrogens (tertiary/aromatic N) is 2. The van der Waals surface area contributed by atoms with Crippen molar-refractivity contribution in [2.24, 2.45) is 5.41 Å². The average Bonchev–Trinajstić information content (AvgIpc) is 3.47. The molecule has 1 aromatic heterocycles. The quantitative estimate of drug-likeness (QED) is 0.193. The molecule has 1 fully saturated rings. The largest absolute Gasteiger partial charge is 0.359 e. The maximum atomic E-state index is 5.91. The Bertz CT molecular complexity index is 1450. The molecular weight excluding hydrogens is 484 g/mol. The van der Waals surface area contributed by atoms with E-state index in [9.17, 15) is 0 Å². The molecule has 0 saturated heterocycles. The van der Waals surface area contributed by atoms with Crippen LogP contribution in [0.5, 0.6) is 0 Å². The zero-order valence-electron chi connectivity index (χ0n) is 21.8. The molecule has 2 aliphatic carbocycles. The maximum absolute atomic E-state index is 5.91. The lowest BCUT2D eigenvalue weighted by Crippen LogP contribution is -2.54.